The van der Waals surface area contributed by atoms with Gasteiger partial charge in [-0.2, -0.15) is 0 Å². The normalized spacial score (nSPS) is 12.1. The first-order chi connectivity index (χ1) is 10.1. The minimum Gasteiger partial charge on any atom is -0.310 e. The number of nitro groups is 1. The quantitative estimate of drug-likeness (QED) is 0.648. The van der Waals surface area contributed by atoms with Gasteiger partial charge < -0.3 is 5.32 Å². The van der Waals surface area contributed by atoms with Crippen LogP contribution in [0.3, 0.4) is 0 Å². The van der Waals surface area contributed by atoms with E-state index in [1.54, 1.807) is 12.1 Å². The Bertz CT molecular complexity index is 591. The standard InChI is InChI=1S/C17H20N2O2/c1-13-3-7-16(8-4-13)14(2)18-12-11-15-5-9-17(10-6-15)19(20)21/h3-10,14,18H,11-12H2,1-2H3/t14-/m0/s1. The first-order valence-corrected chi connectivity index (χ1v) is 7.09. The Kier molecular flexibility index (Phi) is 5.06. The number of nitrogens with zero attached hydrogens (tertiary/aromatic N) is 1. The maximum atomic E-state index is 10.6. The number of benzene rings is 2. The van der Waals surface area contributed by atoms with Crippen LogP contribution in [-0.2, 0) is 6.42 Å². The fourth-order valence-electron chi connectivity index (χ4n) is 2.19. The molecule has 2 rings (SSSR count). The zero-order valence-electron chi connectivity index (χ0n) is 12.4. The van der Waals surface area contributed by atoms with E-state index < -0.39 is 0 Å². The summed E-state index contributed by atoms with van der Waals surface area (Å²) in [6.45, 7) is 5.06. The number of hydrogen-bond donors (Lipinski definition) is 1. The molecule has 0 radical (unpaired) electrons. The molecule has 0 saturated carbocycles. The lowest BCUT2D eigenvalue weighted by molar-refractivity contribution is -0.384. The summed E-state index contributed by atoms with van der Waals surface area (Å²) in [5.74, 6) is 0. The van der Waals surface area contributed by atoms with Crippen molar-refractivity contribution in [3.05, 3.63) is 75.3 Å². The molecule has 0 heterocycles. The molecule has 1 atom stereocenters. The number of rotatable bonds is 6. The molecule has 0 aliphatic heterocycles. The van der Waals surface area contributed by atoms with Gasteiger partial charge in [-0.25, -0.2) is 0 Å². The van der Waals surface area contributed by atoms with E-state index in [9.17, 15) is 10.1 Å². The summed E-state index contributed by atoms with van der Waals surface area (Å²) in [5.41, 5.74) is 3.77. The van der Waals surface area contributed by atoms with Crippen LogP contribution in [0.5, 0.6) is 0 Å². The Morgan fingerprint density at radius 3 is 2.29 bits per heavy atom. The fourth-order valence-corrected chi connectivity index (χ4v) is 2.19. The maximum Gasteiger partial charge on any atom is 0.269 e. The molecule has 0 unspecified atom stereocenters. The number of nitrogens with one attached hydrogen (secondary N) is 1. The molecule has 21 heavy (non-hydrogen) atoms. The third-order valence-electron chi connectivity index (χ3n) is 3.59. The van der Waals surface area contributed by atoms with Crippen molar-refractivity contribution < 1.29 is 4.92 Å². The van der Waals surface area contributed by atoms with Crippen molar-refractivity contribution in [2.24, 2.45) is 0 Å². The van der Waals surface area contributed by atoms with Crippen molar-refractivity contribution in [3.63, 3.8) is 0 Å². The molecule has 2 aromatic rings. The van der Waals surface area contributed by atoms with Crippen molar-refractivity contribution in [1.29, 1.82) is 0 Å². The number of nitro benzene ring substituents is 1. The maximum absolute atomic E-state index is 10.6. The van der Waals surface area contributed by atoms with Crippen LogP contribution in [0.4, 0.5) is 5.69 Å². The van der Waals surface area contributed by atoms with Crippen LogP contribution in [0.25, 0.3) is 0 Å². The highest BCUT2D eigenvalue weighted by Crippen LogP contribution is 2.14. The van der Waals surface area contributed by atoms with E-state index in [-0.39, 0.29) is 10.6 Å². The average molecular weight is 284 g/mol. The summed E-state index contributed by atoms with van der Waals surface area (Å²) in [4.78, 5) is 10.2. The number of aryl methyl sites for hydroxylation is 1. The average Bonchev–Trinajstić information content (AvgIpc) is 2.48. The van der Waals surface area contributed by atoms with E-state index in [0.29, 0.717) is 6.04 Å². The second-order valence-electron chi connectivity index (χ2n) is 5.26. The molecule has 0 aromatic heterocycles. The van der Waals surface area contributed by atoms with Crippen molar-refractivity contribution in [3.8, 4) is 0 Å². The summed E-state index contributed by atoms with van der Waals surface area (Å²) >= 11 is 0. The van der Waals surface area contributed by atoms with Gasteiger partial charge in [-0.15, -0.1) is 0 Å². The van der Waals surface area contributed by atoms with E-state index in [1.807, 2.05) is 12.1 Å². The lowest BCUT2D eigenvalue weighted by Crippen LogP contribution is -2.21. The summed E-state index contributed by atoms with van der Waals surface area (Å²) < 4.78 is 0. The van der Waals surface area contributed by atoms with Crippen LogP contribution in [0.2, 0.25) is 0 Å². The summed E-state index contributed by atoms with van der Waals surface area (Å²) in [6.07, 6.45) is 0.855. The van der Waals surface area contributed by atoms with Crippen molar-refractivity contribution in [2.75, 3.05) is 6.54 Å². The third-order valence-corrected chi connectivity index (χ3v) is 3.59. The van der Waals surface area contributed by atoms with E-state index in [2.05, 4.69) is 43.4 Å². The van der Waals surface area contributed by atoms with Crippen LogP contribution in [0.15, 0.2) is 48.5 Å². The molecule has 0 aliphatic carbocycles. The van der Waals surface area contributed by atoms with Gasteiger partial charge in [0.1, 0.15) is 0 Å². The van der Waals surface area contributed by atoms with Gasteiger partial charge in [0.2, 0.25) is 0 Å². The van der Waals surface area contributed by atoms with Crippen LogP contribution < -0.4 is 5.32 Å². The predicted molar refractivity (Wildman–Crippen MR) is 84.4 cm³/mol. The van der Waals surface area contributed by atoms with Gasteiger partial charge in [0.15, 0.2) is 0 Å². The van der Waals surface area contributed by atoms with Gasteiger partial charge >= 0.3 is 0 Å². The second kappa shape index (κ2) is 6.99. The molecule has 0 amide bonds. The Morgan fingerprint density at radius 1 is 1.10 bits per heavy atom. The molecule has 2 aromatic carbocycles. The van der Waals surface area contributed by atoms with E-state index in [4.69, 9.17) is 0 Å². The molecule has 0 aliphatic rings. The van der Waals surface area contributed by atoms with Crippen molar-refractivity contribution in [1.82, 2.24) is 5.32 Å². The molecule has 0 fully saturated rings. The lowest BCUT2D eigenvalue weighted by atomic mass is 10.1. The van der Waals surface area contributed by atoms with Gasteiger partial charge in [-0.1, -0.05) is 42.0 Å². The Hall–Kier alpha value is -2.20. The zero-order valence-corrected chi connectivity index (χ0v) is 12.4. The minimum absolute atomic E-state index is 0.139. The molecule has 0 saturated heterocycles. The number of non-ortho nitro benzene ring substituents is 1. The van der Waals surface area contributed by atoms with Gasteiger partial charge in [0, 0.05) is 18.2 Å². The van der Waals surface area contributed by atoms with E-state index in [1.165, 1.54) is 11.1 Å². The molecule has 110 valence electrons. The van der Waals surface area contributed by atoms with Gasteiger partial charge in [0.05, 0.1) is 4.92 Å². The van der Waals surface area contributed by atoms with E-state index >= 15 is 0 Å². The van der Waals surface area contributed by atoms with Gasteiger partial charge in [-0.3, -0.25) is 10.1 Å². The predicted octanol–water partition coefficient (Wildman–Crippen LogP) is 3.80. The summed E-state index contributed by atoms with van der Waals surface area (Å²) in [7, 11) is 0. The molecule has 4 nitrogen and oxygen atoms in total. The molecule has 4 heteroatoms. The molecular formula is C17H20N2O2. The summed E-state index contributed by atoms with van der Waals surface area (Å²) in [5, 5.41) is 14.1. The molecular weight excluding hydrogens is 264 g/mol. The Morgan fingerprint density at radius 2 is 1.71 bits per heavy atom. The van der Waals surface area contributed by atoms with Crippen molar-refractivity contribution >= 4 is 5.69 Å². The van der Waals surface area contributed by atoms with Gasteiger partial charge in [-0.05, 0) is 37.9 Å². The third kappa shape index (κ3) is 4.39. The molecule has 1 N–H and O–H groups in total. The highest BCUT2D eigenvalue weighted by Gasteiger charge is 2.06. The van der Waals surface area contributed by atoms with Crippen LogP contribution in [0, 0.1) is 17.0 Å². The first kappa shape index (κ1) is 15.2. The van der Waals surface area contributed by atoms with E-state index in [0.717, 1.165) is 18.5 Å². The fraction of sp³-hybridized carbons (Fsp3) is 0.294. The SMILES string of the molecule is Cc1ccc([C@H](C)NCCc2ccc([N+](=O)[O-])cc2)cc1. The summed E-state index contributed by atoms with van der Waals surface area (Å²) in [6, 6.07) is 15.5. The van der Waals surface area contributed by atoms with Crippen LogP contribution >= 0.6 is 0 Å². The van der Waals surface area contributed by atoms with Crippen molar-refractivity contribution in [2.45, 2.75) is 26.3 Å². The van der Waals surface area contributed by atoms with Crippen LogP contribution in [-0.4, -0.2) is 11.5 Å². The second-order valence-corrected chi connectivity index (χ2v) is 5.26. The van der Waals surface area contributed by atoms with Gasteiger partial charge in [0.25, 0.3) is 5.69 Å². The Labute approximate surface area is 125 Å². The minimum atomic E-state index is -0.374. The lowest BCUT2D eigenvalue weighted by Gasteiger charge is -2.14. The largest absolute Gasteiger partial charge is 0.310 e. The first-order valence-electron chi connectivity index (χ1n) is 7.09. The smallest absolute Gasteiger partial charge is 0.269 e. The highest BCUT2D eigenvalue weighted by molar-refractivity contribution is 5.33. The molecule has 0 bridgehead atoms. The zero-order chi connectivity index (χ0) is 15.2. The van der Waals surface area contributed by atoms with Crippen LogP contribution in [0.1, 0.15) is 29.7 Å². The number of hydrogen-bond acceptors (Lipinski definition) is 3. The highest BCUT2D eigenvalue weighted by atomic mass is 16.6. The monoisotopic (exact) mass is 284 g/mol. The molecule has 0 spiro atoms. The topological polar surface area (TPSA) is 55.2 Å². The Balaban J connectivity index is 1.83.